The molecule has 0 spiro atoms. The van der Waals surface area contributed by atoms with Crippen LogP contribution in [0.25, 0.3) is 0 Å². The van der Waals surface area contributed by atoms with E-state index in [9.17, 15) is 4.79 Å². The molecule has 1 aliphatic rings. The van der Waals surface area contributed by atoms with Crippen LogP contribution in [0, 0.1) is 0 Å². The number of carbonyl (C=O) groups excluding carboxylic acids is 1. The second-order valence-electron chi connectivity index (χ2n) is 6.93. The number of rotatable bonds is 6. The number of nitrogens with zero attached hydrogens (tertiary/aromatic N) is 2. The van der Waals surface area contributed by atoms with Crippen molar-refractivity contribution in [2.24, 2.45) is 0 Å². The van der Waals surface area contributed by atoms with Crippen molar-refractivity contribution < 1.29 is 9.53 Å². The summed E-state index contributed by atoms with van der Waals surface area (Å²) in [5.41, 5.74) is 2.03. The van der Waals surface area contributed by atoms with Crippen LogP contribution in [0.4, 0.5) is 11.4 Å². The van der Waals surface area contributed by atoms with Crippen molar-refractivity contribution in [3.8, 4) is 0 Å². The zero-order valence-corrected chi connectivity index (χ0v) is 15.6. The maximum Gasteiger partial charge on any atom is 0.238 e. The lowest BCUT2D eigenvalue weighted by Gasteiger charge is -2.34. The van der Waals surface area contributed by atoms with Crippen molar-refractivity contribution in [3.63, 3.8) is 0 Å². The summed E-state index contributed by atoms with van der Waals surface area (Å²) < 4.78 is 5.70. The molecule has 5 nitrogen and oxygen atoms in total. The van der Waals surface area contributed by atoms with Crippen molar-refractivity contribution in [1.82, 2.24) is 4.90 Å². The maximum atomic E-state index is 12.3. The fourth-order valence-electron chi connectivity index (χ4n) is 3.40. The molecule has 1 N–H and O–H groups in total. The summed E-state index contributed by atoms with van der Waals surface area (Å²) in [4.78, 5) is 16.7. The molecule has 1 saturated heterocycles. The Labute approximate surface area is 146 Å². The van der Waals surface area contributed by atoms with Gasteiger partial charge in [0.1, 0.15) is 0 Å². The van der Waals surface area contributed by atoms with Crippen LogP contribution in [0.2, 0.25) is 0 Å². The van der Waals surface area contributed by atoms with E-state index in [1.807, 2.05) is 26.0 Å². The van der Waals surface area contributed by atoms with Crippen LogP contribution < -0.4 is 10.2 Å². The molecule has 2 unspecified atom stereocenters. The van der Waals surface area contributed by atoms with E-state index in [0.717, 1.165) is 25.3 Å². The number of anilines is 2. The molecule has 5 heteroatoms. The number of morpholine rings is 1. The Morgan fingerprint density at radius 2 is 1.83 bits per heavy atom. The van der Waals surface area contributed by atoms with Gasteiger partial charge in [-0.3, -0.25) is 9.69 Å². The SMILES string of the molecule is CCN(c1ccc(NC(=O)CN2CC(C)OC(C)C2)cc1)C(C)C. The number of hydrogen-bond acceptors (Lipinski definition) is 4. The van der Waals surface area contributed by atoms with Crippen molar-refractivity contribution >= 4 is 17.3 Å². The summed E-state index contributed by atoms with van der Waals surface area (Å²) in [7, 11) is 0. The molecule has 134 valence electrons. The van der Waals surface area contributed by atoms with E-state index in [0.29, 0.717) is 12.6 Å². The van der Waals surface area contributed by atoms with Gasteiger partial charge in [-0.2, -0.15) is 0 Å². The van der Waals surface area contributed by atoms with Crippen molar-refractivity contribution in [2.75, 3.05) is 36.4 Å². The van der Waals surface area contributed by atoms with E-state index in [1.54, 1.807) is 0 Å². The van der Waals surface area contributed by atoms with Crippen LogP contribution >= 0.6 is 0 Å². The van der Waals surface area contributed by atoms with Crippen LogP contribution in [-0.2, 0) is 9.53 Å². The standard InChI is InChI=1S/C19H31N3O2/c1-6-22(14(2)3)18-9-7-17(8-10-18)20-19(23)13-21-11-15(4)24-16(5)12-21/h7-10,14-16H,6,11-13H2,1-5H3,(H,20,23). The third kappa shape index (κ3) is 5.21. The van der Waals surface area contributed by atoms with Gasteiger partial charge in [0.05, 0.1) is 18.8 Å². The molecule has 1 fully saturated rings. The van der Waals surface area contributed by atoms with Crippen molar-refractivity contribution in [1.29, 1.82) is 0 Å². The highest BCUT2D eigenvalue weighted by atomic mass is 16.5. The zero-order chi connectivity index (χ0) is 17.7. The van der Waals surface area contributed by atoms with E-state index >= 15 is 0 Å². The highest BCUT2D eigenvalue weighted by Gasteiger charge is 2.23. The van der Waals surface area contributed by atoms with Gasteiger partial charge in [0.2, 0.25) is 5.91 Å². The van der Waals surface area contributed by atoms with Crippen LogP contribution in [0.1, 0.15) is 34.6 Å². The highest BCUT2D eigenvalue weighted by molar-refractivity contribution is 5.92. The molecule has 1 aromatic rings. The van der Waals surface area contributed by atoms with Gasteiger partial charge in [0.25, 0.3) is 0 Å². The first-order valence-electron chi connectivity index (χ1n) is 8.93. The number of benzene rings is 1. The van der Waals surface area contributed by atoms with Crippen LogP contribution in [0.3, 0.4) is 0 Å². The number of ether oxygens (including phenoxy) is 1. The number of amides is 1. The summed E-state index contributed by atoms with van der Waals surface area (Å²) in [5, 5.41) is 2.99. The van der Waals surface area contributed by atoms with E-state index in [1.165, 1.54) is 5.69 Å². The van der Waals surface area contributed by atoms with Crippen LogP contribution in [-0.4, -0.2) is 55.2 Å². The predicted octanol–water partition coefficient (Wildman–Crippen LogP) is 2.97. The Hall–Kier alpha value is -1.59. The van der Waals surface area contributed by atoms with Gasteiger partial charge in [0, 0.05) is 37.1 Å². The first-order valence-corrected chi connectivity index (χ1v) is 8.93. The first kappa shape index (κ1) is 18.7. The van der Waals surface area contributed by atoms with Gasteiger partial charge in [-0.15, -0.1) is 0 Å². The maximum absolute atomic E-state index is 12.3. The molecule has 2 rings (SSSR count). The second kappa shape index (κ2) is 8.49. The lowest BCUT2D eigenvalue weighted by atomic mass is 10.2. The average molecular weight is 333 g/mol. The Bertz CT molecular complexity index is 520. The molecule has 1 aliphatic heterocycles. The summed E-state index contributed by atoms with van der Waals surface area (Å²) in [5.74, 6) is 0.0280. The molecule has 0 bridgehead atoms. The third-order valence-corrected chi connectivity index (χ3v) is 4.31. The molecule has 0 radical (unpaired) electrons. The lowest BCUT2D eigenvalue weighted by molar-refractivity contribution is -0.121. The molecule has 2 atom stereocenters. The summed E-state index contributed by atoms with van der Waals surface area (Å²) >= 11 is 0. The Morgan fingerprint density at radius 3 is 2.33 bits per heavy atom. The van der Waals surface area contributed by atoms with Gasteiger partial charge in [0.15, 0.2) is 0 Å². The molecule has 24 heavy (non-hydrogen) atoms. The molecule has 0 aliphatic carbocycles. The number of hydrogen-bond donors (Lipinski definition) is 1. The monoisotopic (exact) mass is 333 g/mol. The second-order valence-corrected chi connectivity index (χ2v) is 6.93. The molecular formula is C19H31N3O2. The smallest absolute Gasteiger partial charge is 0.238 e. The zero-order valence-electron chi connectivity index (χ0n) is 15.6. The quantitative estimate of drug-likeness (QED) is 0.869. The Kier molecular flexibility index (Phi) is 6.63. The van der Waals surface area contributed by atoms with E-state index in [4.69, 9.17) is 4.74 Å². The lowest BCUT2D eigenvalue weighted by Crippen LogP contribution is -2.48. The summed E-state index contributed by atoms with van der Waals surface area (Å²) in [6.07, 6.45) is 0.355. The molecule has 1 heterocycles. The van der Waals surface area contributed by atoms with Gasteiger partial charge in [-0.1, -0.05) is 0 Å². The van der Waals surface area contributed by atoms with E-state index < -0.39 is 0 Å². The Balaban J connectivity index is 1.90. The first-order chi connectivity index (χ1) is 11.4. The normalized spacial score (nSPS) is 21.8. The molecule has 0 aromatic heterocycles. The van der Waals surface area contributed by atoms with Crippen LogP contribution in [0.5, 0.6) is 0 Å². The molecule has 1 aromatic carbocycles. The van der Waals surface area contributed by atoms with E-state index in [-0.39, 0.29) is 18.1 Å². The molecule has 1 amide bonds. The van der Waals surface area contributed by atoms with Crippen molar-refractivity contribution in [3.05, 3.63) is 24.3 Å². The fourth-order valence-corrected chi connectivity index (χ4v) is 3.40. The van der Waals surface area contributed by atoms with Crippen molar-refractivity contribution in [2.45, 2.75) is 52.9 Å². The fraction of sp³-hybridized carbons (Fsp3) is 0.632. The Morgan fingerprint density at radius 1 is 1.25 bits per heavy atom. The summed E-state index contributed by atoms with van der Waals surface area (Å²) in [6.45, 7) is 13.6. The largest absolute Gasteiger partial charge is 0.373 e. The molecule has 0 saturated carbocycles. The minimum Gasteiger partial charge on any atom is -0.373 e. The van der Waals surface area contributed by atoms with Gasteiger partial charge in [-0.05, 0) is 58.9 Å². The topological polar surface area (TPSA) is 44.8 Å². The molecular weight excluding hydrogens is 302 g/mol. The van der Waals surface area contributed by atoms with E-state index in [2.05, 4.69) is 48.0 Å². The third-order valence-electron chi connectivity index (χ3n) is 4.31. The van der Waals surface area contributed by atoms with Gasteiger partial charge in [-0.25, -0.2) is 0 Å². The number of carbonyl (C=O) groups is 1. The highest BCUT2D eigenvalue weighted by Crippen LogP contribution is 2.20. The minimum atomic E-state index is 0.0280. The van der Waals surface area contributed by atoms with Gasteiger partial charge >= 0.3 is 0 Å². The number of nitrogens with one attached hydrogen (secondary N) is 1. The van der Waals surface area contributed by atoms with Crippen LogP contribution in [0.15, 0.2) is 24.3 Å². The predicted molar refractivity (Wildman–Crippen MR) is 99.7 cm³/mol. The van der Waals surface area contributed by atoms with Gasteiger partial charge < -0.3 is 15.0 Å². The summed E-state index contributed by atoms with van der Waals surface area (Å²) in [6, 6.07) is 8.54. The minimum absolute atomic E-state index is 0.0280. The average Bonchev–Trinajstić information content (AvgIpc) is 2.48.